The minimum Gasteiger partial charge on any atom is -0.325 e. The smallest absolute Gasteiger partial charge is 0.247 e. The molecule has 6 heteroatoms. The second-order valence-electron chi connectivity index (χ2n) is 2.97. The zero-order valence-corrected chi connectivity index (χ0v) is 7.37. The van der Waals surface area contributed by atoms with Crippen molar-refractivity contribution in [1.29, 1.82) is 0 Å². The van der Waals surface area contributed by atoms with E-state index in [2.05, 4.69) is 10.3 Å². The molecule has 13 heavy (non-hydrogen) atoms. The summed E-state index contributed by atoms with van der Waals surface area (Å²) in [6.45, 7) is 1.30. The zero-order chi connectivity index (χ0) is 9.90. The summed E-state index contributed by atoms with van der Waals surface area (Å²) in [7, 11) is 0. The highest BCUT2D eigenvalue weighted by molar-refractivity contribution is 4.92. The van der Waals surface area contributed by atoms with Gasteiger partial charge in [0.2, 0.25) is 5.92 Å². The Kier molecular flexibility index (Phi) is 2.92. The molecule has 74 valence electrons. The Morgan fingerprint density at radius 3 is 2.85 bits per heavy atom. The summed E-state index contributed by atoms with van der Waals surface area (Å²) in [5, 5.41) is 7.23. The number of halogens is 2. The third-order valence-corrected chi connectivity index (χ3v) is 1.67. The second-order valence-corrected chi connectivity index (χ2v) is 2.97. The van der Waals surface area contributed by atoms with Gasteiger partial charge in [0, 0.05) is 19.5 Å². The van der Waals surface area contributed by atoms with Crippen LogP contribution in [0, 0.1) is 0 Å². The molecule has 1 aromatic heterocycles. The molecule has 0 atom stereocenters. The molecule has 1 aromatic rings. The van der Waals surface area contributed by atoms with Gasteiger partial charge in [0.15, 0.2) is 0 Å². The predicted octanol–water partition coefficient (Wildman–Crippen LogP) is 0.782. The standard InChI is InChI=1S/C7H12F2N4/c1-7(8,9)2-3-13-6(4-10)5-11-12-13/h5H,2-4,10H2,1H3. The molecule has 0 aliphatic heterocycles. The molecule has 0 aromatic carbocycles. The summed E-state index contributed by atoms with van der Waals surface area (Å²) in [5.74, 6) is -2.67. The van der Waals surface area contributed by atoms with E-state index in [1.807, 2.05) is 0 Å². The third-order valence-electron chi connectivity index (χ3n) is 1.67. The molecule has 0 aliphatic carbocycles. The first-order chi connectivity index (χ1) is 6.03. The molecule has 0 saturated heterocycles. The fraction of sp³-hybridized carbons (Fsp3) is 0.714. The molecule has 0 aliphatic rings. The summed E-state index contributed by atoms with van der Waals surface area (Å²) < 4.78 is 26.3. The van der Waals surface area contributed by atoms with E-state index in [1.165, 1.54) is 10.9 Å². The Balaban J connectivity index is 2.54. The molecule has 4 nitrogen and oxygen atoms in total. The van der Waals surface area contributed by atoms with Crippen LogP contribution in [0.1, 0.15) is 19.0 Å². The van der Waals surface area contributed by atoms with Crippen molar-refractivity contribution in [3.05, 3.63) is 11.9 Å². The minimum absolute atomic E-state index is 0.149. The number of hydrogen-bond donors (Lipinski definition) is 1. The summed E-state index contributed by atoms with van der Waals surface area (Å²) in [4.78, 5) is 0. The van der Waals surface area contributed by atoms with E-state index >= 15 is 0 Å². The van der Waals surface area contributed by atoms with Gasteiger partial charge in [-0.3, -0.25) is 0 Å². The molecule has 0 radical (unpaired) electrons. The van der Waals surface area contributed by atoms with Crippen molar-refractivity contribution in [1.82, 2.24) is 15.0 Å². The molecule has 0 spiro atoms. The molecule has 0 fully saturated rings. The van der Waals surface area contributed by atoms with Crippen molar-refractivity contribution in [2.24, 2.45) is 5.73 Å². The van der Waals surface area contributed by atoms with Gasteiger partial charge in [-0.2, -0.15) is 0 Å². The largest absolute Gasteiger partial charge is 0.325 e. The van der Waals surface area contributed by atoms with Crippen LogP contribution in [0.25, 0.3) is 0 Å². The van der Waals surface area contributed by atoms with Gasteiger partial charge >= 0.3 is 0 Å². The lowest BCUT2D eigenvalue weighted by Gasteiger charge is -2.10. The van der Waals surface area contributed by atoms with Gasteiger partial charge in [-0.1, -0.05) is 5.21 Å². The number of alkyl halides is 2. The van der Waals surface area contributed by atoms with Gasteiger partial charge in [-0.25, -0.2) is 13.5 Å². The maximum absolute atomic E-state index is 12.5. The lowest BCUT2D eigenvalue weighted by molar-refractivity contribution is 0.00747. The third kappa shape index (κ3) is 3.06. The summed E-state index contributed by atoms with van der Waals surface area (Å²) in [5.41, 5.74) is 6.02. The Hall–Kier alpha value is -1.04. The van der Waals surface area contributed by atoms with Crippen LogP contribution in [0.15, 0.2) is 6.20 Å². The van der Waals surface area contributed by atoms with Crippen molar-refractivity contribution >= 4 is 0 Å². The average Bonchev–Trinajstić information content (AvgIpc) is 2.46. The summed E-state index contributed by atoms with van der Waals surface area (Å²) in [6.07, 6.45) is 1.23. The molecule has 2 N–H and O–H groups in total. The number of nitrogens with zero attached hydrogens (tertiary/aromatic N) is 3. The summed E-state index contributed by atoms with van der Waals surface area (Å²) >= 11 is 0. The highest BCUT2D eigenvalue weighted by atomic mass is 19.3. The van der Waals surface area contributed by atoms with Gasteiger partial charge in [-0.15, -0.1) is 5.10 Å². The van der Waals surface area contributed by atoms with Crippen LogP contribution < -0.4 is 5.73 Å². The number of rotatable bonds is 4. The first-order valence-electron chi connectivity index (χ1n) is 3.98. The zero-order valence-electron chi connectivity index (χ0n) is 7.37. The van der Waals surface area contributed by atoms with Crippen LogP contribution in [-0.4, -0.2) is 20.9 Å². The molecule has 0 amide bonds. The normalized spacial score (nSPS) is 12.0. The molecular formula is C7H12F2N4. The number of aryl methyl sites for hydroxylation is 1. The Morgan fingerprint density at radius 1 is 1.62 bits per heavy atom. The van der Waals surface area contributed by atoms with Crippen LogP contribution in [-0.2, 0) is 13.1 Å². The van der Waals surface area contributed by atoms with Crippen LogP contribution in [0.3, 0.4) is 0 Å². The highest BCUT2D eigenvalue weighted by Crippen LogP contribution is 2.17. The van der Waals surface area contributed by atoms with Crippen molar-refractivity contribution in [3.63, 3.8) is 0 Å². The van der Waals surface area contributed by atoms with Gasteiger partial charge in [-0.05, 0) is 6.92 Å². The maximum atomic E-state index is 12.5. The van der Waals surface area contributed by atoms with Gasteiger partial charge in [0.05, 0.1) is 11.9 Å². The first-order valence-corrected chi connectivity index (χ1v) is 3.98. The van der Waals surface area contributed by atoms with E-state index in [1.54, 1.807) is 0 Å². The SMILES string of the molecule is CC(F)(F)CCn1nncc1CN. The lowest BCUT2D eigenvalue weighted by Crippen LogP contribution is -2.17. The summed E-state index contributed by atoms with van der Waals surface area (Å²) in [6, 6.07) is 0. The van der Waals surface area contributed by atoms with Crippen molar-refractivity contribution in [2.75, 3.05) is 0 Å². The minimum atomic E-state index is -2.67. The van der Waals surface area contributed by atoms with Crippen LogP contribution in [0.5, 0.6) is 0 Å². The Labute approximate surface area is 74.7 Å². The van der Waals surface area contributed by atoms with Gasteiger partial charge in [0.25, 0.3) is 0 Å². The number of hydrogen-bond acceptors (Lipinski definition) is 3. The van der Waals surface area contributed by atoms with E-state index < -0.39 is 5.92 Å². The van der Waals surface area contributed by atoms with E-state index in [9.17, 15) is 8.78 Å². The van der Waals surface area contributed by atoms with Gasteiger partial charge < -0.3 is 5.73 Å². The molecular weight excluding hydrogens is 178 g/mol. The van der Waals surface area contributed by atoms with Crippen molar-refractivity contribution in [2.45, 2.75) is 32.4 Å². The number of nitrogens with two attached hydrogens (primary N) is 1. The highest BCUT2D eigenvalue weighted by Gasteiger charge is 2.21. The Morgan fingerprint density at radius 2 is 2.31 bits per heavy atom. The monoisotopic (exact) mass is 190 g/mol. The maximum Gasteiger partial charge on any atom is 0.247 e. The molecule has 0 bridgehead atoms. The van der Waals surface area contributed by atoms with E-state index in [4.69, 9.17) is 5.73 Å². The van der Waals surface area contributed by atoms with E-state index in [0.29, 0.717) is 5.69 Å². The van der Waals surface area contributed by atoms with E-state index in [-0.39, 0.29) is 19.5 Å². The molecule has 0 saturated carbocycles. The lowest BCUT2D eigenvalue weighted by atomic mass is 10.3. The average molecular weight is 190 g/mol. The quantitative estimate of drug-likeness (QED) is 0.763. The Bertz CT molecular complexity index is 266. The molecule has 1 heterocycles. The van der Waals surface area contributed by atoms with Crippen molar-refractivity contribution in [3.8, 4) is 0 Å². The first kappa shape index (κ1) is 10.0. The van der Waals surface area contributed by atoms with Crippen molar-refractivity contribution < 1.29 is 8.78 Å². The fourth-order valence-corrected chi connectivity index (χ4v) is 0.928. The fourth-order valence-electron chi connectivity index (χ4n) is 0.928. The topological polar surface area (TPSA) is 56.7 Å². The van der Waals surface area contributed by atoms with Crippen LogP contribution >= 0.6 is 0 Å². The number of aromatic nitrogens is 3. The molecule has 0 unspecified atom stereocenters. The van der Waals surface area contributed by atoms with Gasteiger partial charge in [0.1, 0.15) is 0 Å². The second kappa shape index (κ2) is 3.78. The van der Waals surface area contributed by atoms with E-state index in [0.717, 1.165) is 6.92 Å². The van der Waals surface area contributed by atoms with Crippen LogP contribution in [0.2, 0.25) is 0 Å². The predicted molar refractivity (Wildman–Crippen MR) is 43.2 cm³/mol. The molecule has 1 rings (SSSR count). The van der Waals surface area contributed by atoms with Crippen LogP contribution in [0.4, 0.5) is 8.78 Å².